The summed E-state index contributed by atoms with van der Waals surface area (Å²) in [6, 6.07) is 4.75. The topological polar surface area (TPSA) is 74.4 Å². The maximum atomic E-state index is 13.9. The summed E-state index contributed by atoms with van der Waals surface area (Å²) in [5.41, 5.74) is 1.58. The number of aromatic amines is 1. The summed E-state index contributed by atoms with van der Waals surface area (Å²) >= 11 is 0. The van der Waals surface area contributed by atoms with Crippen molar-refractivity contribution in [2.24, 2.45) is 5.41 Å². The number of hydrogen-bond donors (Lipinski definition) is 2. The Hall–Kier alpha value is -2.67. The predicted molar refractivity (Wildman–Crippen MR) is 98.9 cm³/mol. The first-order valence-corrected chi connectivity index (χ1v) is 9.00. The Bertz CT molecular complexity index is 891. The third-order valence-electron chi connectivity index (χ3n) is 5.52. The molecule has 27 heavy (non-hydrogen) atoms. The van der Waals surface area contributed by atoms with Crippen molar-refractivity contribution in [2.45, 2.75) is 19.4 Å². The summed E-state index contributed by atoms with van der Waals surface area (Å²) in [5.74, 6) is -0.718. The first-order chi connectivity index (χ1) is 12.9. The van der Waals surface area contributed by atoms with Gasteiger partial charge in [0.2, 0.25) is 5.91 Å². The molecule has 6 nitrogen and oxygen atoms in total. The maximum absolute atomic E-state index is 13.9. The number of amides is 2. The van der Waals surface area contributed by atoms with E-state index in [1.165, 1.54) is 12.1 Å². The zero-order valence-corrected chi connectivity index (χ0v) is 15.2. The molecule has 0 saturated carbocycles. The van der Waals surface area contributed by atoms with Crippen molar-refractivity contribution in [3.63, 3.8) is 0 Å². The lowest BCUT2D eigenvalue weighted by Gasteiger charge is -2.46. The van der Waals surface area contributed by atoms with E-state index in [1.54, 1.807) is 17.0 Å². The number of H-pyrrole nitrogens is 1. The Morgan fingerprint density at radius 3 is 2.96 bits per heavy atom. The summed E-state index contributed by atoms with van der Waals surface area (Å²) in [7, 11) is 0. The third kappa shape index (κ3) is 3.12. The molecule has 2 amide bonds. The van der Waals surface area contributed by atoms with Gasteiger partial charge in [0.15, 0.2) is 0 Å². The number of fused-ring (bicyclic) bond motifs is 1. The van der Waals surface area contributed by atoms with Gasteiger partial charge in [-0.2, -0.15) is 0 Å². The maximum Gasteiger partial charge on any atom is 0.267 e. The second-order valence-corrected chi connectivity index (χ2v) is 7.58. The molecule has 2 aliphatic rings. The van der Waals surface area contributed by atoms with Crippen LogP contribution in [-0.4, -0.2) is 54.0 Å². The van der Waals surface area contributed by atoms with E-state index in [2.05, 4.69) is 16.9 Å². The minimum absolute atomic E-state index is 0.00455. The SMILES string of the molecule is C=CC(=O)N1CC2(COC(CNC(=O)c3cc4c(C)ccc(F)c4[nH]3)C2)C1. The minimum atomic E-state index is -0.376. The fourth-order valence-electron chi connectivity index (χ4n) is 4.04. The quantitative estimate of drug-likeness (QED) is 0.809. The van der Waals surface area contributed by atoms with E-state index >= 15 is 0 Å². The van der Waals surface area contributed by atoms with Crippen LogP contribution in [0.3, 0.4) is 0 Å². The Balaban J connectivity index is 1.34. The van der Waals surface area contributed by atoms with E-state index in [9.17, 15) is 14.0 Å². The van der Waals surface area contributed by atoms with Crippen LogP contribution in [0.4, 0.5) is 4.39 Å². The Labute approximate surface area is 156 Å². The average molecular weight is 371 g/mol. The minimum Gasteiger partial charge on any atom is -0.376 e. The van der Waals surface area contributed by atoms with Gasteiger partial charge in [-0.15, -0.1) is 0 Å². The van der Waals surface area contributed by atoms with Gasteiger partial charge in [0.05, 0.1) is 18.2 Å². The molecule has 1 aromatic carbocycles. The molecule has 1 spiro atoms. The number of halogens is 1. The summed E-state index contributed by atoms with van der Waals surface area (Å²) < 4.78 is 19.7. The number of benzene rings is 1. The lowest BCUT2D eigenvalue weighted by atomic mass is 9.78. The first-order valence-electron chi connectivity index (χ1n) is 9.00. The number of hydrogen-bond acceptors (Lipinski definition) is 3. The van der Waals surface area contributed by atoms with Gasteiger partial charge in [0.25, 0.3) is 5.91 Å². The Morgan fingerprint density at radius 1 is 1.48 bits per heavy atom. The fraction of sp³-hybridized carbons (Fsp3) is 0.400. The van der Waals surface area contributed by atoms with Crippen molar-refractivity contribution in [3.8, 4) is 0 Å². The van der Waals surface area contributed by atoms with E-state index in [0.29, 0.717) is 42.8 Å². The number of aryl methyl sites for hydroxylation is 1. The fourth-order valence-corrected chi connectivity index (χ4v) is 4.04. The number of aromatic nitrogens is 1. The number of carbonyl (C=O) groups excluding carboxylic acids is 2. The molecule has 2 fully saturated rings. The van der Waals surface area contributed by atoms with Crippen molar-refractivity contribution >= 4 is 22.7 Å². The molecular weight excluding hydrogens is 349 g/mol. The van der Waals surface area contributed by atoms with Crippen molar-refractivity contribution < 1.29 is 18.7 Å². The van der Waals surface area contributed by atoms with Crippen LogP contribution in [0.5, 0.6) is 0 Å². The van der Waals surface area contributed by atoms with E-state index < -0.39 is 0 Å². The normalized spacial score (nSPS) is 20.7. The van der Waals surface area contributed by atoms with Crippen LogP contribution < -0.4 is 5.32 Å². The molecule has 7 heteroatoms. The summed E-state index contributed by atoms with van der Waals surface area (Å²) in [4.78, 5) is 28.6. The van der Waals surface area contributed by atoms with E-state index in [4.69, 9.17) is 4.74 Å². The van der Waals surface area contributed by atoms with E-state index in [1.807, 2.05) is 6.92 Å². The van der Waals surface area contributed by atoms with Crippen molar-refractivity contribution in [2.75, 3.05) is 26.2 Å². The third-order valence-corrected chi connectivity index (χ3v) is 5.52. The molecule has 3 heterocycles. The highest BCUT2D eigenvalue weighted by Crippen LogP contribution is 2.41. The number of carbonyl (C=O) groups is 2. The highest BCUT2D eigenvalue weighted by molar-refractivity contribution is 5.99. The van der Waals surface area contributed by atoms with Crippen LogP contribution in [0.25, 0.3) is 10.9 Å². The molecule has 2 saturated heterocycles. The second-order valence-electron chi connectivity index (χ2n) is 7.58. The molecule has 4 rings (SSSR count). The summed E-state index contributed by atoms with van der Waals surface area (Å²) in [6.45, 7) is 7.69. The number of ether oxygens (including phenoxy) is 1. The molecule has 0 aliphatic carbocycles. The van der Waals surface area contributed by atoms with Crippen LogP contribution in [-0.2, 0) is 9.53 Å². The number of nitrogens with one attached hydrogen (secondary N) is 2. The Morgan fingerprint density at radius 2 is 2.26 bits per heavy atom. The second kappa shape index (κ2) is 6.49. The van der Waals surface area contributed by atoms with Gasteiger partial charge in [-0.3, -0.25) is 9.59 Å². The van der Waals surface area contributed by atoms with Gasteiger partial charge in [0, 0.05) is 30.4 Å². The average Bonchev–Trinajstić information content (AvgIpc) is 3.26. The first kappa shape index (κ1) is 17.7. The number of likely N-dealkylation sites (tertiary alicyclic amines) is 1. The van der Waals surface area contributed by atoms with E-state index in [0.717, 1.165) is 12.0 Å². The highest BCUT2D eigenvalue weighted by atomic mass is 19.1. The monoisotopic (exact) mass is 371 g/mol. The largest absolute Gasteiger partial charge is 0.376 e. The van der Waals surface area contributed by atoms with Crippen LogP contribution >= 0.6 is 0 Å². The summed E-state index contributed by atoms with van der Waals surface area (Å²) in [5, 5.41) is 3.56. The molecule has 1 atom stereocenters. The summed E-state index contributed by atoms with van der Waals surface area (Å²) in [6.07, 6.45) is 2.04. The van der Waals surface area contributed by atoms with Gasteiger partial charge < -0.3 is 19.9 Å². The predicted octanol–water partition coefficient (Wildman–Crippen LogP) is 2.15. The van der Waals surface area contributed by atoms with Gasteiger partial charge in [-0.25, -0.2) is 4.39 Å². The van der Waals surface area contributed by atoms with Gasteiger partial charge >= 0.3 is 0 Å². The molecule has 0 radical (unpaired) electrons. The van der Waals surface area contributed by atoms with Crippen LogP contribution in [0, 0.1) is 18.2 Å². The lowest BCUT2D eigenvalue weighted by Crippen LogP contribution is -2.58. The molecule has 1 unspecified atom stereocenters. The molecule has 1 aromatic heterocycles. The van der Waals surface area contributed by atoms with Crippen LogP contribution in [0.1, 0.15) is 22.5 Å². The molecule has 2 aromatic rings. The number of rotatable bonds is 4. The van der Waals surface area contributed by atoms with Crippen LogP contribution in [0.2, 0.25) is 0 Å². The van der Waals surface area contributed by atoms with Gasteiger partial charge in [0.1, 0.15) is 11.5 Å². The molecule has 2 N–H and O–H groups in total. The zero-order chi connectivity index (χ0) is 19.2. The smallest absolute Gasteiger partial charge is 0.267 e. The highest BCUT2D eigenvalue weighted by Gasteiger charge is 2.50. The van der Waals surface area contributed by atoms with Crippen LogP contribution in [0.15, 0.2) is 30.9 Å². The van der Waals surface area contributed by atoms with Crippen molar-refractivity contribution in [1.82, 2.24) is 15.2 Å². The standard InChI is InChI=1S/C20H22FN3O3/c1-3-17(25)24-9-20(10-24)7-13(27-11-20)8-22-19(26)16-6-14-12(2)4-5-15(21)18(14)23-16/h3-6,13,23H,1,7-11H2,2H3,(H,22,26). The molecular formula is C20H22FN3O3. The van der Waals surface area contributed by atoms with Crippen molar-refractivity contribution in [1.29, 1.82) is 0 Å². The molecule has 0 bridgehead atoms. The number of nitrogens with zero attached hydrogens (tertiary/aromatic N) is 1. The van der Waals surface area contributed by atoms with Crippen molar-refractivity contribution in [3.05, 3.63) is 47.9 Å². The van der Waals surface area contributed by atoms with Gasteiger partial charge in [-0.05, 0) is 37.1 Å². The molecule has 2 aliphatic heterocycles. The van der Waals surface area contributed by atoms with Gasteiger partial charge in [-0.1, -0.05) is 12.6 Å². The molecule has 142 valence electrons. The zero-order valence-electron chi connectivity index (χ0n) is 15.2. The Kier molecular flexibility index (Phi) is 4.26. The van der Waals surface area contributed by atoms with E-state index in [-0.39, 0.29) is 29.2 Å². The lowest BCUT2D eigenvalue weighted by molar-refractivity contribution is -0.137.